The molecule has 3 amide bonds. The van der Waals surface area contributed by atoms with Gasteiger partial charge in [0, 0.05) is 29.9 Å². The number of H-pyrrole nitrogens is 1. The lowest BCUT2D eigenvalue weighted by molar-refractivity contribution is -0.142. The maximum Gasteiger partial charge on any atom is 0.326 e. The second kappa shape index (κ2) is 13.3. The van der Waals surface area contributed by atoms with E-state index in [9.17, 15) is 29.4 Å². The molecule has 1 heterocycles. The first kappa shape index (κ1) is 28.3. The van der Waals surface area contributed by atoms with Crippen LogP contribution < -0.4 is 21.7 Å². The minimum atomic E-state index is -1.46. The molecule has 4 unspecified atom stereocenters. The molecule has 0 spiro atoms. The van der Waals surface area contributed by atoms with Crippen LogP contribution in [0.1, 0.15) is 11.1 Å². The molecule has 12 heteroatoms. The Balaban J connectivity index is 1.83. The Morgan fingerprint density at radius 1 is 0.763 bits per heavy atom. The number of carbonyl (C=O) groups excluding carboxylic acids is 3. The van der Waals surface area contributed by atoms with E-state index in [0.29, 0.717) is 11.1 Å². The molecular weight excluding hydrogens is 494 g/mol. The van der Waals surface area contributed by atoms with Crippen molar-refractivity contribution in [3.05, 3.63) is 71.9 Å². The van der Waals surface area contributed by atoms with Crippen molar-refractivity contribution in [3.8, 4) is 0 Å². The number of carboxylic acid groups (broad SMARTS) is 1. The number of hydrogen-bond donors (Lipinski definition) is 8. The van der Waals surface area contributed by atoms with E-state index >= 15 is 0 Å². The van der Waals surface area contributed by atoms with Gasteiger partial charge in [-0.1, -0.05) is 48.5 Å². The number of carboxylic acids is 1. The Morgan fingerprint density at radius 3 is 2.03 bits per heavy atom. The number of rotatable bonds is 13. The molecule has 0 saturated heterocycles. The SMILES string of the molecule is NC(CO)C(=O)NC(CO)C(=O)NC(Cc1c[nH]c2ccccc12)C(=O)NC(Cc1ccccc1)C(=O)O. The van der Waals surface area contributed by atoms with Gasteiger partial charge >= 0.3 is 5.97 Å². The highest BCUT2D eigenvalue weighted by atomic mass is 16.4. The van der Waals surface area contributed by atoms with Crippen LogP contribution in [-0.2, 0) is 32.0 Å². The molecule has 3 aromatic rings. The molecule has 9 N–H and O–H groups in total. The molecule has 38 heavy (non-hydrogen) atoms. The van der Waals surface area contributed by atoms with E-state index in [1.807, 2.05) is 24.3 Å². The monoisotopic (exact) mass is 525 g/mol. The van der Waals surface area contributed by atoms with Gasteiger partial charge in [-0.05, 0) is 17.2 Å². The normalized spacial score (nSPS) is 14.2. The van der Waals surface area contributed by atoms with E-state index in [1.54, 1.807) is 36.5 Å². The van der Waals surface area contributed by atoms with E-state index < -0.39 is 61.1 Å². The summed E-state index contributed by atoms with van der Waals surface area (Å²) in [5.41, 5.74) is 7.64. The number of carbonyl (C=O) groups is 4. The molecule has 12 nitrogen and oxygen atoms in total. The molecule has 0 aliphatic rings. The molecule has 0 radical (unpaired) electrons. The molecule has 4 atom stereocenters. The summed E-state index contributed by atoms with van der Waals surface area (Å²) in [5.74, 6) is -3.77. The Kier molecular flexibility index (Phi) is 9.93. The van der Waals surface area contributed by atoms with Gasteiger partial charge in [0.1, 0.15) is 24.2 Å². The third kappa shape index (κ3) is 7.38. The summed E-state index contributed by atoms with van der Waals surface area (Å²) in [4.78, 5) is 53.3. The average molecular weight is 526 g/mol. The van der Waals surface area contributed by atoms with Gasteiger partial charge in [-0.3, -0.25) is 14.4 Å². The van der Waals surface area contributed by atoms with Crippen LogP contribution in [0.25, 0.3) is 10.9 Å². The molecule has 0 aliphatic heterocycles. The summed E-state index contributed by atoms with van der Waals surface area (Å²) in [6.07, 6.45) is 1.69. The number of para-hydroxylation sites is 1. The van der Waals surface area contributed by atoms with Crippen LogP contribution >= 0.6 is 0 Å². The standard InChI is InChI=1S/C26H31N5O7/c27-18(13-32)23(34)31-22(14-33)25(36)29-20(11-16-12-28-19-9-5-4-8-17(16)19)24(35)30-21(26(37)38)10-15-6-2-1-3-7-15/h1-9,12,18,20-22,28,32-33H,10-11,13-14,27H2,(H,29,36)(H,30,35)(H,31,34)(H,37,38). The highest BCUT2D eigenvalue weighted by Crippen LogP contribution is 2.19. The van der Waals surface area contributed by atoms with Gasteiger partial charge in [0.05, 0.1) is 13.2 Å². The molecule has 3 rings (SSSR count). The van der Waals surface area contributed by atoms with E-state index in [4.69, 9.17) is 10.8 Å². The third-order valence-electron chi connectivity index (χ3n) is 5.98. The zero-order valence-electron chi connectivity index (χ0n) is 20.5. The summed E-state index contributed by atoms with van der Waals surface area (Å²) >= 11 is 0. The van der Waals surface area contributed by atoms with Gasteiger partial charge in [-0.2, -0.15) is 0 Å². The lowest BCUT2D eigenvalue weighted by Crippen LogP contribution is -2.59. The van der Waals surface area contributed by atoms with E-state index in [1.165, 1.54) is 0 Å². The van der Waals surface area contributed by atoms with Gasteiger partial charge in [0.25, 0.3) is 0 Å². The first-order valence-corrected chi connectivity index (χ1v) is 11.9. The molecule has 1 aromatic heterocycles. The molecular formula is C26H31N5O7. The van der Waals surface area contributed by atoms with Crippen LogP contribution in [0.5, 0.6) is 0 Å². The lowest BCUT2D eigenvalue weighted by atomic mass is 10.0. The summed E-state index contributed by atoms with van der Waals surface area (Å²) in [5, 5.41) is 36.5. The predicted octanol–water partition coefficient (Wildman–Crippen LogP) is -1.20. The fourth-order valence-corrected chi connectivity index (χ4v) is 3.88. The largest absolute Gasteiger partial charge is 0.480 e. The third-order valence-corrected chi connectivity index (χ3v) is 5.98. The first-order valence-electron chi connectivity index (χ1n) is 11.9. The number of aliphatic hydroxyl groups excluding tert-OH is 2. The van der Waals surface area contributed by atoms with Crippen LogP contribution in [0.4, 0.5) is 0 Å². The van der Waals surface area contributed by atoms with E-state index in [0.717, 1.165) is 10.9 Å². The summed E-state index contributed by atoms with van der Waals surface area (Å²) in [6, 6.07) is 10.8. The number of aromatic nitrogens is 1. The number of nitrogens with one attached hydrogen (secondary N) is 4. The zero-order valence-corrected chi connectivity index (χ0v) is 20.5. The topological polar surface area (TPSA) is 207 Å². The van der Waals surface area contributed by atoms with E-state index in [2.05, 4.69) is 20.9 Å². The maximum absolute atomic E-state index is 13.3. The number of benzene rings is 2. The maximum atomic E-state index is 13.3. The van der Waals surface area contributed by atoms with Crippen molar-refractivity contribution >= 4 is 34.6 Å². The molecule has 202 valence electrons. The van der Waals surface area contributed by atoms with Crippen molar-refractivity contribution in [1.82, 2.24) is 20.9 Å². The molecule has 2 aromatic carbocycles. The number of amides is 3. The Labute approximate surface area is 218 Å². The second-order valence-electron chi connectivity index (χ2n) is 8.75. The molecule has 0 bridgehead atoms. The number of aliphatic hydroxyl groups is 2. The number of fused-ring (bicyclic) bond motifs is 1. The van der Waals surface area contributed by atoms with E-state index in [-0.39, 0.29) is 12.8 Å². The van der Waals surface area contributed by atoms with Crippen LogP contribution in [0.3, 0.4) is 0 Å². The Bertz CT molecular complexity index is 1260. The predicted molar refractivity (Wildman–Crippen MR) is 138 cm³/mol. The van der Waals surface area contributed by atoms with Crippen molar-refractivity contribution < 1.29 is 34.5 Å². The second-order valence-corrected chi connectivity index (χ2v) is 8.75. The van der Waals surface area contributed by atoms with Crippen molar-refractivity contribution in [2.24, 2.45) is 5.73 Å². The highest BCUT2D eigenvalue weighted by molar-refractivity contribution is 5.95. The van der Waals surface area contributed by atoms with Crippen LogP contribution in [0.15, 0.2) is 60.8 Å². The number of aliphatic carboxylic acids is 1. The minimum Gasteiger partial charge on any atom is -0.480 e. The molecule has 0 saturated carbocycles. The van der Waals surface area contributed by atoms with Crippen molar-refractivity contribution in [3.63, 3.8) is 0 Å². The van der Waals surface area contributed by atoms with Gasteiger partial charge < -0.3 is 42.0 Å². The summed E-state index contributed by atoms with van der Waals surface area (Å²) < 4.78 is 0. The Morgan fingerprint density at radius 2 is 1.37 bits per heavy atom. The Hall–Kier alpha value is -4.26. The zero-order chi connectivity index (χ0) is 27.7. The summed E-state index contributed by atoms with van der Waals surface area (Å²) in [6.45, 7) is -1.47. The summed E-state index contributed by atoms with van der Waals surface area (Å²) in [7, 11) is 0. The van der Waals surface area contributed by atoms with Gasteiger partial charge in [0.15, 0.2) is 0 Å². The number of aromatic amines is 1. The van der Waals surface area contributed by atoms with Gasteiger partial charge in [0.2, 0.25) is 17.7 Å². The smallest absolute Gasteiger partial charge is 0.326 e. The van der Waals surface area contributed by atoms with Crippen molar-refractivity contribution in [2.75, 3.05) is 13.2 Å². The number of hydrogen-bond acceptors (Lipinski definition) is 7. The average Bonchev–Trinajstić information content (AvgIpc) is 3.33. The molecule has 0 aliphatic carbocycles. The van der Waals surface area contributed by atoms with Gasteiger partial charge in [-0.15, -0.1) is 0 Å². The quantitative estimate of drug-likeness (QED) is 0.136. The molecule has 0 fully saturated rings. The highest BCUT2D eigenvalue weighted by Gasteiger charge is 2.31. The van der Waals surface area contributed by atoms with Gasteiger partial charge in [-0.25, -0.2) is 4.79 Å². The van der Waals surface area contributed by atoms with Crippen molar-refractivity contribution in [2.45, 2.75) is 37.0 Å². The first-order chi connectivity index (χ1) is 18.2. The fourth-order valence-electron chi connectivity index (χ4n) is 3.88. The fraction of sp³-hybridized carbons (Fsp3) is 0.308. The van der Waals surface area contributed by atoms with Crippen LogP contribution in [0, 0.1) is 0 Å². The number of nitrogens with two attached hydrogens (primary N) is 1. The van der Waals surface area contributed by atoms with Crippen LogP contribution in [-0.4, -0.2) is 81.4 Å². The van der Waals surface area contributed by atoms with Crippen molar-refractivity contribution in [1.29, 1.82) is 0 Å². The lowest BCUT2D eigenvalue weighted by Gasteiger charge is -2.24. The van der Waals surface area contributed by atoms with Crippen LogP contribution in [0.2, 0.25) is 0 Å². The minimum absolute atomic E-state index is 0.0124.